The smallest absolute Gasteiger partial charge is 0.291 e. The first-order valence-corrected chi connectivity index (χ1v) is 9.35. The number of aromatic nitrogens is 2. The minimum absolute atomic E-state index is 0.0937. The number of aliphatic hydroxyl groups excluding tert-OH is 1. The molecule has 4 rings (SSSR count). The molecule has 138 valence electrons. The van der Waals surface area contributed by atoms with Gasteiger partial charge in [0.05, 0.1) is 39.8 Å². The molecule has 2 N–H and O–H groups in total. The van der Waals surface area contributed by atoms with E-state index in [1.165, 1.54) is 6.20 Å². The molecule has 0 aliphatic heterocycles. The zero-order valence-electron chi connectivity index (χ0n) is 13.9. The number of rotatable bonds is 3. The molecule has 8 heteroatoms. The van der Waals surface area contributed by atoms with Crippen molar-refractivity contribution in [2.75, 3.05) is 5.32 Å². The Bertz CT molecular complexity index is 1080. The second-order valence-corrected chi connectivity index (χ2v) is 7.47. The maximum absolute atomic E-state index is 12.2. The summed E-state index contributed by atoms with van der Waals surface area (Å²) in [6.45, 7) is 0. The van der Waals surface area contributed by atoms with Gasteiger partial charge in [-0.15, -0.1) is 0 Å². The lowest BCUT2D eigenvalue weighted by Crippen LogP contribution is -2.22. The van der Waals surface area contributed by atoms with Crippen LogP contribution in [0, 0.1) is 0 Å². The summed E-state index contributed by atoms with van der Waals surface area (Å²) < 4.78 is 1.13. The van der Waals surface area contributed by atoms with Crippen molar-refractivity contribution in [2.45, 2.75) is 18.6 Å². The van der Waals surface area contributed by atoms with Gasteiger partial charge in [0.2, 0.25) is 0 Å². The molecule has 1 heterocycles. The van der Waals surface area contributed by atoms with Crippen LogP contribution in [0.5, 0.6) is 0 Å². The Kier molecular flexibility index (Phi) is 4.86. The second-order valence-electron chi connectivity index (χ2n) is 6.28. The van der Waals surface area contributed by atoms with E-state index in [0.717, 1.165) is 15.8 Å². The number of halogens is 3. The van der Waals surface area contributed by atoms with E-state index in [4.69, 9.17) is 34.8 Å². The highest BCUT2D eigenvalue weighted by molar-refractivity contribution is 6.41. The van der Waals surface area contributed by atoms with Crippen molar-refractivity contribution >= 4 is 40.5 Å². The third-order valence-electron chi connectivity index (χ3n) is 4.59. The van der Waals surface area contributed by atoms with Crippen LogP contribution in [0.2, 0.25) is 15.1 Å². The maximum atomic E-state index is 12.2. The number of hydrogen-bond donors (Lipinski definition) is 2. The highest BCUT2D eigenvalue weighted by Gasteiger charge is 2.31. The lowest BCUT2D eigenvalue weighted by atomic mass is 10.1. The van der Waals surface area contributed by atoms with Gasteiger partial charge in [-0.1, -0.05) is 59.1 Å². The summed E-state index contributed by atoms with van der Waals surface area (Å²) >= 11 is 18.1. The topological polar surface area (TPSA) is 67.2 Å². The van der Waals surface area contributed by atoms with Crippen LogP contribution in [0.1, 0.15) is 17.2 Å². The minimum atomic E-state index is -0.544. The number of nitrogens with zero attached hydrogens (tertiary/aromatic N) is 2. The predicted octanol–water partition coefficient (Wildman–Crippen LogP) is 4.26. The highest BCUT2D eigenvalue weighted by Crippen LogP contribution is 2.36. The molecule has 3 aromatic rings. The van der Waals surface area contributed by atoms with Crippen LogP contribution in [-0.2, 0) is 6.42 Å². The van der Waals surface area contributed by atoms with Crippen LogP contribution in [-0.4, -0.2) is 21.0 Å². The molecular formula is C19H14Cl3N3O2. The van der Waals surface area contributed by atoms with Gasteiger partial charge in [-0.25, -0.2) is 0 Å². The zero-order valence-corrected chi connectivity index (χ0v) is 16.1. The lowest BCUT2D eigenvalue weighted by Gasteiger charge is -2.20. The molecule has 0 radical (unpaired) electrons. The van der Waals surface area contributed by atoms with E-state index in [1.54, 1.807) is 18.2 Å². The van der Waals surface area contributed by atoms with Crippen LogP contribution in [0.15, 0.2) is 53.5 Å². The Morgan fingerprint density at radius 2 is 1.89 bits per heavy atom. The van der Waals surface area contributed by atoms with Crippen molar-refractivity contribution in [3.05, 3.63) is 85.2 Å². The molecule has 1 aromatic heterocycles. The minimum Gasteiger partial charge on any atom is -0.390 e. The van der Waals surface area contributed by atoms with Crippen molar-refractivity contribution in [3.8, 4) is 5.69 Å². The molecule has 0 spiro atoms. The van der Waals surface area contributed by atoms with Crippen molar-refractivity contribution in [2.24, 2.45) is 0 Å². The first-order valence-electron chi connectivity index (χ1n) is 8.21. The summed E-state index contributed by atoms with van der Waals surface area (Å²) in [5.41, 5.74) is 2.74. The number of nitrogens with one attached hydrogen (secondary N) is 1. The molecule has 1 aliphatic carbocycles. The van der Waals surface area contributed by atoms with Crippen molar-refractivity contribution in [1.82, 2.24) is 9.78 Å². The van der Waals surface area contributed by atoms with Crippen LogP contribution in [0.25, 0.3) is 5.69 Å². The molecule has 2 aromatic carbocycles. The van der Waals surface area contributed by atoms with Gasteiger partial charge in [-0.05, 0) is 29.3 Å². The number of benzene rings is 2. The summed E-state index contributed by atoms with van der Waals surface area (Å²) in [5.74, 6) is 0. The first kappa shape index (κ1) is 18.3. The Balaban J connectivity index is 1.66. The Labute approximate surface area is 170 Å². The fourth-order valence-corrected chi connectivity index (χ4v) is 3.75. The van der Waals surface area contributed by atoms with Gasteiger partial charge in [0.15, 0.2) is 0 Å². The summed E-state index contributed by atoms with van der Waals surface area (Å²) in [6, 6.07) is 12.7. The van der Waals surface area contributed by atoms with Crippen molar-refractivity contribution in [1.29, 1.82) is 0 Å². The van der Waals surface area contributed by atoms with Gasteiger partial charge < -0.3 is 10.4 Å². The molecule has 0 amide bonds. The molecule has 0 saturated heterocycles. The second kappa shape index (κ2) is 7.17. The van der Waals surface area contributed by atoms with E-state index in [0.29, 0.717) is 22.8 Å². The van der Waals surface area contributed by atoms with E-state index >= 15 is 0 Å². The standard InChI is InChI=1S/C19H14Cl3N3O2/c20-13-8-11(25-19(27)17(22)14(21)9-23-25)5-6-15(13)24-18-12-4-2-1-3-10(12)7-16(18)26/h1-6,8-9,16,18,24,26H,7H2/t16-,18+/m1/s1. The Morgan fingerprint density at radius 3 is 2.67 bits per heavy atom. The average Bonchev–Trinajstić information content (AvgIpc) is 2.97. The number of anilines is 1. The molecule has 0 bridgehead atoms. The number of hydrogen-bond acceptors (Lipinski definition) is 4. The molecule has 5 nitrogen and oxygen atoms in total. The third kappa shape index (κ3) is 3.32. The number of fused-ring (bicyclic) bond motifs is 1. The fourth-order valence-electron chi connectivity index (χ4n) is 3.26. The summed E-state index contributed by atoms with van der Waals surface area (Å²) in [4.78, 5) is 12.2. The van der Waals surface area contributed by atoms with Gasteiger partial charge >= 0.3 is 0 Å². The first-order chi connectivity index (χ1) is 13.0. The highest BCUT2D eigenvalue weighted by atomic mass is 35.5. The van der Waals surface area contributed by atoms with Gasteiger partial charge in [-0.3, -0.25) is 4.79 Å². The SMILES string of the molecule is O=c1c(Cl)c(Cl)cnn1-c1ccc(N[C@H]2c3ccccc3C[C@H]2O)c(Cl)c1. The molecule has 27 heavy (non-hydrogen) atoms. The van der Waals surface area contributed by atoms with Crippen LogP contribution in [0.3, 0.4) is 0 Å². The quantitative estimate of drug-likeness (QED) is 0.662. The lowest BCUT2D eigenvalue weighted by molar-refractivity contribution is 0.166. The van der Waals surface area contributed by atoms with Crippen molar-refractivity contribution < 1.29 is 5.11 Å². The molecule has 2 atom stereocenters. The molecular weight excluding hydrogens is 409 g/mol. The zero-order chi connectivity index (χ0) is 19.1. The molecule has 0 unspecified atom stereocenters. The normalized spacial score (nSPS) is 18.4. The fraction of sp³-hybridized carbons (Fsp3) is 0.158. The number of aliphatic hydroxyl groups is 1. The third-order valence-corrected chi connectivity index (χ3v) is 5.65. The molecule has 0 fully saturated rings. The Hall–Kier alpha value is -2.05. The largest absolute Gasteiger partial charge is 0.390 e. The maximum Gasteiger partial charge on any atom is 0.291 e. The van der Waals surface area contributed by atoms with E-state index in [-0.39, 0.29) is 16.1 Å². The summed E-state index contributed by atoms with van der Waals surface area (Å²) in [5, 5.41) is 18.1. The van der Waals surface area contributed by atoms with Crippen molar-refractivity contribution in [3.63, 3.8) is 0 Å². The molecule has 1 aliphatic rings. The van der Waals surface area contributed by atoms with E-state index < -0.39 is 11.7 Å². The van der Waals surface area contributed by atoms with Crippen LogP contribution in [0.4, 0.5) is 5.69 Å². The molecule has 0 saturated carbocycles. The predicted molar refractivity (Wildman–Crippen MR) is 107 cm³/mol. The monoisotopic (exact) mass is 421 g/mol. The average molecular weight is 423 g/mol. The van der Waals surface area contributed by atoms with Gasteiger partial charge in [-0.2, -0.15) is 9.78 Å². The Morgan fingerprint density at radius 1 is 1.11 bits per heavy atom. The van der Waals surface area contributed by atoms with Crippen LogP contribution >= 0.6 is 34.8 Å². The van der Waals surface area contributed by atoms with Gasteiger partial charge in [0.1, 0.15) is 5.02 Å². The van der Waals surface area contributed by atoms with E-state index in [1.807, 2.05) is 24.3 Å². The van der Waals surface area contributed by atoms with E-state index in [9.17, 15) is 9.90 Å². The van der Waals surface area contributed by atoms with E-state index in [2.05, 4.69) is 10.4 Å². The summed E-state index contributed by atoms with van der Waals surface area (Å²) in [7, 11) is 0. The van der Waals surface area contributed by atoms with Crippen LogP contribution < -0.4 is 10.9 Å². The van der Waals surface area contributed by atoms with Gasteiger partial charge in [0.25, 0.3) is 5.56 Å². The van der Waals surface area contributed by atoms with Gasteiger partial charge in [0, 0.05) is 6.42 Å². The summed E-state index contributed by atoms with van der Waals surface area (Å²) in [6.07, 6.45) is 1.35.